The van der Waals surface area contributed by atoms with Gasteiger partial charge in [-0.05, 0) is 72.8 Å². The van der Waals surface area contributed by atoms with Gasteiger partial charge in [-0.15, -0.1) is 0 Å². The van der Waals surface area contributed by atoms with Crippen LogP contribution in [0.5, 0.6) is 0 Å². The van der Waals surface area contributed by atoms with Gasteiger partial charge in [-0.25, -0.2) is 29.9 Å². The van der Waals surface area contributed by atoms with E-state index < -0.39 is 58.6 Å². The Morgan fingerprint density at radius 1 is 0.304 bits per heavy atom. The third-order valence-electron chi connectivity index (χ3n) is 9.14. The fourth-order valence-corrected chi connectivity index (χ4v) is 6.50. The van der Waals surface area contributed by atoms with Gasteiger partial charge in [0.25, 0.3) is 0 Å². The molecule has 0 atom stereocenters. The minimum Gasteiger partial charge on any atom is -0.324 e. The van der Waals surface area contributed by atoms with Crippen LogP contribution in [0.3, 0.4) is 0 Å². The largest absolute Gasteiger partial charge is 0.416 e. The molecule has 56 heavy (non-hydrogen) atoms. The number of benzene rings is 4. The summed E-state index contributed by atoms with van der Waals surface area (Å²) in [5, 5.41) is -0.411. The summed E-state index contributed by atoms with van der Waals surface area (Å²) in [7, 11) is 0. The van der Waals surface area contributed by atoms with E-state index in [1.54, 1.807) is 0 Å². The zero-order chi connectivity index (χ0) is 39.7. The number of alkyl halides is 12. The molecular weight excluding hydrogens is 772 g/mol. The maximum absolute atomic E-state index is 13.9. The number of nitrogens with zero attached hydrogens (tertiary/aromatic N) is 6. The smallest absolute Gasteiger partial charge is 0.324 e. The molecule has 2 N–H and O–H groups in total. The molecule has 8 nitrogen and oxygen atoms in total. The lowest BCUT2D eigenvalue weighted by atomic mass is 10.0. The molecular formula is C36H14F12N8. The van der Waals surface area contributed by atoms with Crippen LogP contribution in [0.4, 0.5) is 52.7 Å². The summed E-state index contributed by atoms with van der Waals surface area (Å²) in [6, 6.07) is 9.95. The molecule has 3 aromatic heterocycles. The molecule has 2 aliphatic heterocycles. The lowest BCUT2D eigenvalue weighted by Crippen LogP contribution is -2.04. The minimum atomic E-state index is -4.84. The highest BCUT2D eigenvalue weighted by atomic mass is 19.4. The van der Waals surface area contributed by atoms with Crippen LogP contribution in [0.2, 0.25) is 0 Å². The van der Waals surface area contributed by atoms with Gasteiger partial charge < -0.3 is 9.97 Å². The molecule has 5 heterocycles. The fraction of sp³-hybridized carbons (Fsp3) is 0.111. The number of rotatable bonds is 0. The maximum Gasteiger partial charge on any atom is 0.416 e. The average Bonchev–Trinajstić information content (AvgIpc) is 3.84. The number of H-pyrrole nitrogens is 2. The average molecular weight is 787 g/mol. The summed E-state index contributed by atoms with van der Waals surface area (Å²) >= 11 is 0. The van der Waals surface area contributed by atoms with Gasteiger partial charge in [0.15, 0.2) is 23.3 Å². The van der Waals surface area contributed by atoms with Crippen molar-refractivity contribution in [2.45, 2.75) is 24.7 Å². The quantitative estimate of drug-likeness (QED) is 0.148. The Hall–Kier alpha value is -6.60. The highest BCUT2D eigenvalue weighted by molar-refractivity contribution is 6.06. The second kappa shape index (κ2) is 11.5. The topological polar surface area (TPSA) is 109 Å². The Morgan fingerprint density at radius 2 is 0.589 bits per heavy atom. The lowest BCUT2D eigenvalue weighted by Gasteiger charge is -2.08. The van der Waals surface area contributed by atoms with E-state index in [4.69, 9.17) is 0 Å². The van der Waals surface area contributed by atoms with E-state index in [-0.39, 0.29) is 78.0 Å². The van der Waals surface area contributed by atoms with Crippen LogP contribution in [0.15, 0.2) is 72.8 Å². The predicted octanol–water partition coefficient (Wildman–Crippen LogP) is 10.9. The molecule has 0 saturated heterocycles. The van der Waals surface area contributed by atoms with Crippen LogP contribution in [-0.2, 0) is 24.7 Å². The molecule has 2 aliphatic rings. The Kier molecular flexibility index (Phi) is 7.19. The molecule has 0 fully saturated rings. The predicted molar refractivity (Wildman–Crippen MR) is 176 cm³/mol. The molecule has 9 rings (SSSR count). The SMILES string of the molecule is FC(F)(F)c1ccc2c(c1)-c1nc-2nc2[nH]c(nc3nc(nc4[nH]c(n1)c1ccc(C(F)(F)F)cc41)-c1ccc(C(F)(F)F)cc1-3)c1ccc(C(F)(F)F)cc21. The van der Waals surface area contributed by atoms with E-state index in [0.29, 0.717) is 0 Å². The van der Waals surface area contributed by atoms with Gasteiger partial charge in [0.05, 0.1) is 22.3 Å². The summed E-state index contributed by atoms with van der Waals surface area (Å²) in [4.78, 5) is 31.7. The molecule has 282 valence electrons. The molecule has 0 spiro atoms. The van der Waals surface area contributed by atoms with Crippen molar-refractivity contribution in [1.29, 1.82) is 0 Å². The third kappa shape index (κ3) is 5.73. The van der Waals surface area contributed by atoms with Crippen molar-refractivity contribution in [1.82, 2.24) is 39.9 Å². The summed E-state index contributed by atoms with van der Waals surface area (Å²) in [5.41, 5.74) is -6.07. The van der Waals surface area contributed by atoms with Crippen LogP contribution in [0, 0.1) is 0 Å². The van der Waals surface area contributed by atoms with Crippen molar-refractivity contribution < 1.29 is 52.7 Å². The van der Waals surface area contributed by atoms with Gasteiger partial charge in [0, 0.05) is 43.8 Å². The number of aromatic amines is 2. The van der Waals surface area contributed by atoms with Crippen LogP contribution in [0.1, 0.15) is 22.3 Å². The van der Waals surface area contributed by atoms with Crippen molar-refractivity contribution in [2.24, 2.45) is 0 Å². The van der Waals surface area contributed by atoms with Gasteiger partial charge in [-0.3, -0.25) is 0 Å². The zero-order valence-electron chi connectivity index (χ0n) is 27.1. The van der Waals surface area contributed by atoms with Crippen molar-refractivity contribution >= 4 is 44.1 Å². The second-order valence-corrected chi connectivity index (χ2v) is 12.6. The van der Waals surface area contributed by atoms with E-state index in [1.165, 1.54) is 0 Å². The van der Waals surface area contributed by atoms with Gasteiger partial charge in [0.2, 0.25) is 0 Å². The molecule has 0 amide bonds. The van der Waals surface area contributed by atoms with E-state index >= 15 is 0 Å². The summed E-state index contributed by atoms with van der Waals surface area (Å²) in [6.45, 7) is 0. The van der Waals surface area contributed by atoms with E-state index in [2.05, 4.69) is 39.9 Å². The highest BCUT2D eigenvalue weighted by Crippen LogP contribution is 2.43. The Labute approximate surface area is 302 Å². The molecule has 7 aromatic rings. The van der Waals surface area contributed by atoms with Gasteiger partial charge in [-0.1, -0.05) is 0 Å². The number of hydrogen-bond acceptors (Lipinski definition) is 6. The molecule has 4 aromatic carbocycles. The van der Waals surface area contributed by atoms with Gasteiger partial charge in [-0.2, -0.15) is 52.7 Å². The summed E-state index contributed by atoms with van der Waals surface area (Å²) in [5.74, 6) is -1.44. The summed E-state index contributed by atoms with van der Waals surface area (Å²) < 4.78 is 167. The first kappa shape index (κ1) is 35.1. The number of aromatic nitrogens is 8. The van der Waals surface area contributed by atoms with E-state index in [0.717, 1.165) is 72.8 Å². The summed E-state index contributed by atoms with van der Waals surface area (Å²) in [6.07, 6.45) is -19.4. The van der Waals surface area contributed by atoms with E-state index in [9.17, 15) is 52.7 Å². The maximum atomic E-state index is 13.9. The molecule has 0 radical (unpaired) electrons. The molecule has 0 saturated carbocycles. The first-order valence-electron chi connectivity index (χ1n) is 15.9. The zero-order valence-corrected chi connectivity index (χ0v) is 27.1. The highest BCUT2D eigenvalue weighted by Gasteiger charge is 2.36. The second-order valence-electron chi connectivity index (χ2n) is 12.6. The third-order valence-corrected chi connectivity index (χ3v) is 9.14. The van der Waals surface area contributed by atoms with E-state index in [1.807, 2.05) is 0 Å². The van der Waals surface area contributed by atoms with Gasteiger partial charge >= 0.3 is 24.7 Å². The number of nitrogens with one attached hydrogen (secondary N) is 2. The fourth-order valence-electron chi connectivity index (χ4n) is 6.50. The number of fused-ring (bicyclic) bond motifs is 20. The van der Waals surface area contributed by atoms with Crippen molar-refractivity contribution in [2.75, 3.05) is 0 Å². The van der Waals surface area contributed by atoms with Gasteiger partial charge in [0.1, 0.15) is 22.6 Å². The molecule has 0 aliphatic carbocycles. The Morgan fingerprint density at radius 3 is 0.929 bits per heavy atom. The minimum absolute atomic E-state index is 0.0120. The number of halogens is 12. The first-order valence-corrected chi connectivity index (χ1v) is 15.9. The molecule has 8 bridgehead atoms. The van der Waals surface area contributed by atoms with Crippen LogP contribution in [-0.4, -0.2) is 39.9 Å². The van der Waals surface area contributed by atoms with Crippen LogP contribution >= 0.6 is 0 Å². The molecule has 0 unspecified atom stereocenters. The first-order chi connectivity index (χ1) is 26.2. The normalized spacial score (nSPS) is 13.4. The molecule has 20 heteroatoms. The standard InChI is InChI=1S/C36H14F12N8/c37-33(38,39)13-1-5-17-21(9-13)29-49-25(17)53-30-22-10-14(34(40,41)42)2-6-18(22)27(50-30)55-32-24-12-16(36(46,47)48)4-8-20(24)28(52-32)56-31-23-11-15(35(43,44)45)3-7-19(23)26(51-31)54-29/h1-12H,(H2,49,50,51,52,53,54,55,56). The van der Waals surface area contributed by atoms with Crippen molar-refractivity contribution in [3.05, 3.63) is 95.1 Å². The van der Waals surface area contributed by atoms with Crippen LogP contribution in [0.25, 0.3) is 89.7 Å². The van der Waals surface area contributed by atoms with Crippen molar-refractivity contribution in [3.8, 4) is 45.6 Å². The number of hydrogen-bond donors (Lipinski definition) is 2. The van der Waals surface area contributed by atoms with Crippen LogP contribution < -0.4 is 0 Å². The Bertz CT molecular complexity index is 2790. The van der Waals surface area contributed by atoms with Crippen molar-refractivity contribution in [3.63, 3.8) is 0 Å². The Balaban J connectivity index is 1.47. The lowest BCUT2D eigenvalue weighted by molar-refractivity contribution is -0.138. The monoisotopic (exact) mass is 786 g/mol.